The van der Waals surface area contributed by atoms with Crippen LogP contribution in [0.1, 0.15) is 13.8 Å². The van der Waals surface area contributed by atoms with Gasteiger partial charge in [-0.2, -0.15) is 0 Å². The summed E-state index contributed by atoms with van der Waals surface area (Å²) in [6, 6.07) is 17.4. The summed E-state index contributed by atoms with van der Waals surface area (Å²) in [6.45, 7) is 4.89. The van der Waals surface area contributed by atoms with Crippen LogP contribution in [0.5, 0.6) is 17.2 Å². The molecule has 0 aliphatic heterocycles. The van der Waals surface area contributed by atoms with Crippen LogP contribution in [0.25, 0.3) is 0 Å². The summed E-state index contributed by atoms with van der Waals surface area (Å²) in [5.74, 6) is 2.47. The zero-order valence-corrected chi connectivity index (χ0v) is 12.2. The Hall–Kier alpha value is -2.00. The Balaban J connectivity index is 2.00. The fourth-order valence-electron chi connectivity index (χ4n) is 1.98. The lowest BCUT2D eigenvalue weighted by molar-refractivity contribution is 0.110. The van der Waals surface area contributed by atoms with Gasteiger partial charge < -0.3 is 14.8 Å². The van der Waals surface area contributed by atoms with Gasteiger partial charge in [0.2, 0.25) is 0 Å². The summed E-state index contributed by atoms with van der Waals surface area (Å²) in [4.78, 5) is 0. The van der Waals surface area contributed by atoms with Crippen molar-refractivity contribution in [2.75, 3.05) is 13.6 Å². The normalized spacial score (nSPS) is 11.2. The molecule has 0 saturated carbocycles. The predicted octanol–water partition coefficient (Wildman–Crippen LogP) is 3.86. The fourth-order valence-corrected chi connectivity index (χ4v) is 1.98. The number of likely N-dealkylation sites (N-methyl/N-ethyl adjacent to an activating group) is 1. The molecule has 0 fully saturated rings. The molecule has 3 nitrogen and oxygen atoms in total. The lowest BCUT2D eigenvalue weighted by atomic mass is 10.1. The van der Waals surface area contributed by atoms with Crippen molar-refractivity contribution >= 4 is 0 Å². The molecular weight excluding hydrogens is 250 g/mol. The minimum atomic E-state index is -0.240. The molecule has 3 heteroatoms. The van der Waals surface area contributed by atoms with E-state index in [4.69, 9.17) is 9.47 Å². The van der Waals surface area contributed by atoms with Crippen LogP contribution >= 0.6 is 0 Å². The Morgan fingerprint density at radius 3 is 2.00 bits per heavy atom. The van der Waals surface area contributed by atoms with E-state index >= 15 is 0 Å². The molecule has 0 amide bonds. The van der Waals surface area contributed by atoms with Crippen LogP contribution in [0.3, 0.4) is 0 Å². The van der Waals surface area contributed by atoms with E-state index < -0.39 is 0 Å². The zero-order valence-electron chi connectivity index (χ0n) is 12.2. The average Bonchev–Trinajstić information content (AvgIpc) is 2.42. The van der Waals surface area contributed by atoms with Crippen LogP contribution in [0.4, 0.5) is 0 Å². The highest BCUT2D eigenvalue weighted by atomic mass is 16.5. The summed E-state index contributed by atoms with van der Waals surface area (Å²) in [6.07, 6.45) is 0. The maximum atomic E-state index is 5.93. The maximum absolute atomic E-state index is 5.93. The Kier molecular flexibility index (Phi) is 4.64. The van der Waals surface area contributed by atoms with Gasteiger partial charge in [-0.3, -0.25) is 0 Å². The van der Waals surface area contributed by atoms with Gasteiger partial charge in [0.15, 0.2) is 0 Å². The van der Waals surface area contributed by atoms with Gasteiger partial charge in [0.05, 0.1) is 0 Å². The number of benzene rings is 2. The lowest BCUT2D eigenvalue weighted by Gasteiger charge is -2.26. The second-order valence-corrected chi connectivity index (χ2v) is 5.28. The van der Waals surface area contributed by atoms with Crippen molar-refractivity contribution < 1.29 is 9.47 Å². The van der Waals surface area contributed by atoms with Gasteiger partial charge in [0.1, 0.15) is 22.8 Å². The molecule has 0 aliphatic rings. The molecule has 0 spiro atoms. The first-order valence-corrected chi connectivity index (χ1v) is 6.76. The fraction of sp³-hybridized carbons (Fsp3) is 0.294. The predicted molar refractivity (Wildman–Crippen MR) is 81.6 cm³/mol. The SMILES string of the molecule is CNCC(C)(C)Oc1ccc(Oc2ccccc2)cc1. The lowest BCUT2D eigenvalue weighted by Crippen LogP contribution is -2.38. The third-order valence-corrected chi connectivity index (χ3v) is 2.80. The highest BCUT2D eigenvalue weighted by Gasteiger charge is 2.18. The molecule has 0 bridgehead atoms. The van der Waals surface area contributed by atoms with E-state index in [9.17, 15) is 0 Å². The summed E-state index contributed by atoms with van der Waals surface area (Å²) >= 11 is 0. The zero-order chi connectivity index (χ0) is 14.4. The number of hydrogen-bond acceptors (Lipinski definition) is 3. The van der Waals surface area contributed by atoms with E-state index in [1.807, 2.05) is 61.6 Å². The van der Waals surface area contributed by atoms with E-state index in [0.29, 0.717) is 0 Å². The summed E-state index contributed by atoms with van der Waals surface area (Å²) in [5, 5.41) is 3.12. The van der Waals surface area contributed by atoms with Crippen molar-refractivity contribution in [2.45, 2.75) is 19.4 Å². The van der Waals surface area contributed by atoms with Gasteiger partial charge in [0.25, 0.3) is 0 Å². The van der Waals surface area contributed by atoms with Crippen LogP contribution in [0.15, 0.2) is 54.6 Å². The Morgan fingerprint density at radius 2 is 1.40 bits per heavy atom. The monoisotopic (exact) mass is 271 g/mol. The van der Waals surface area contributed by atoms with Crippen molar-refractivity contribution in [3.63, 3.8) is 0 Å². The number of ether oxygens (including phenoxy) is 2. The number of nitrogens with one attached hydrogen (secondary N) is 1. The van der Waals surface area contributed by atoms with Crippen molar-refractivity contribution in [3.05, 3.63) is 54.6 Å². The molecule has 0 unspecified atom stereocenters. The van der Waals surface area contributed by atoms with E-state index in [2.05, 4.69) is 19.2 Å². The first-order chi connectivity index (χ1) is 9.59. The summed E-state index contributed by atoms with van der Waals surface area (Å²) in [7, 11) is 1.92. The van der Waals surface area contributed by atoms with Gasteiger partial charge in [-0.25, -0.2) is 0 Å². The Labute approximate surface area is 120 Å². The van der Waals surface area contributed by atoms with Crippen molar-refractivity contribution in [2.24, 2.45) is 0 Å². The van der Waals surface area contributed by atoms with Crippen LogP contribution in [-0.2, 0) is 0 Å². The second kappa shape index (κ2) is 6.44. The third-order valence-electron chi connectivity index (χ3n) is 2.80. The molecule has 0 aliphatic carbocycles. The molecule has 1 N–H and O–H groups in total. The molecule has 0 atom stereocenters. The molecular formula is C17H21NO2. The standard InChI is InChI=1S/C17H21NO2/c1-17(2,13-18-3)20-16-11-9-15(10-12-16)19-14-7-5-4-6-8-14/h4-12,18H,13H2,1-3H3. The van der Waals surface area contributed by atoms with Crippen LogP contribution < -0.4 is 14.8 Å². The molecule has 0 saturated heterocycles. The summed E-state index contributed by atoms with van der Waals surface area (Å²) in [5.41, 5.74) is -0.240. The van der Waals surface area contributed by atoms with Gasteiger partial charge in [-0.1, -0.05) is 18.2 Å². The van der Waals surface area contributed by atoms with Crippen LogP contribution in [0.2, 0.25) is 0 Å². The summed E-state index contributed by atoms with van der Waals surface area (Å²) < 4.78 is 11.7. The molecule has 0 aromatic heterocycles. The topological polar surface area (TPSA) is 30.5 Å². The molecule has 20 heavy (non-hydrogen) atoms. The largest absolute Gasteiger partial charge is 0.487 e. The Bertz CT molecular complexity index is 520. The molecule has 2 aromatic carbocycles. The van der Waals surface area contributed by atoms with Crippen LogP contribution in [0, 0.1) is 0 Å². The van der Waals surface area contributed by atoms with Gasteiger partial charge in [-0.05, 0) is 57.3 Å². The highest BCUT2D eigenvalue weighted by Crippen LogP contribution is 2.25. The minimum Gasteiger partial charge on any atom is -0.487 e. The van der Waals surface area contributed by atoms with Gasteiger partial charge in [-0.15, -0.1) is 0 Å². The van der Waals surface area contributed by atoms with E-state index in [1.165, 1.54) is 0 Å². The minimum absolute atomic E-state index is 0.240. The van der Waals surface area contributed by atoms with Crippen LogP contribution in [-0.4, -0.2) is 19.2 Å². The number of hydrogen-bond donors (Lipinski definition) is 1. The molecule has 2 rings (SSSR count). The van der Waals surface area contributed by atoms with E-state index in [0.717, 1.165) is 23.8 Å². The van der Waals surface area contributed by atoms with E-state index in [1.54, 1.807) is 0 Å². The Morgan fingerprint density at radius 1 is 0.850 bits per heavy atom. The third kappa shape index (κ3) is 4.28. The first-order valence-electron chi connectivity index (χ1n) is 6.76. The van der Waals surface area contributed by atoms with Crippen molar-refractivity contribution in [3.8, 4) is 17.2 Å². The average molecular weight is 271 g/mol. The number of para-hydroxylation sites is 1. The maximum Gasteiger partial charge on any atom is 0.127 e. The molecule has 0 radical (unpaired) electrons. The second-order valence-electron chi connectivity index (χ2n) is 5.28. The first kappa shape index (κ1) is 14.4. The van der Waals surface area contributed by atoms with Gasteiger partial charge in [0, 0.05) is 6.54 Å². The van der Waals surface area contributed by atoms with E-state index in [-0.39, 0.29) is 5.60 Å². The molecule has 2 aromatic rings. The quantitative estimate of drug-likeness (QED) is 0.865. The van der Waals surface area contributed by atoms with Crippen molar-refractivity contribution in [1.82, 2.24) is 5.32 Å². The smallest absolute Gasteiger partial charge is 0.127 e. The van der Waals surface area contributed by atoms with Gasteiger partial charge >= 0.3 is 0 Å². The molecule has 0 heterocycles. The number of rotatable bonds is 6. The molecule has 106 valence electrons. The highest BCUT2D eigenvalue weighted by molar-refractivity contribution is 5.35. The van der Waals surface area contributed by atoms with Crippen molar-refractivity contribution in [1.29, 1.82) is 0 Å².